The van der Waals surface area contributed by atoms with E-state index in [9.17, 15) is 8.42 Å². The van der Waals surface area contributed by atoms with Crippen molar-refractivity contribution in [3.8, 4) is 0 Å². The van der Waals surface area contributed by atoms with Gasteiger partial charge in [-0.25, -0.2) is 13.4 Å². The van der Waals surface area contributed by atoms with Gasteiger partial charge in [0.1, 0.15) is 0 Å². The second kappa shape index (κ2) is 4.82. The Morgan fingerprint density at radius 1 is 1.47 bits per heavy atom. The van der Waals surface area contributed by atoms with Gasteiger partial charge in [-0.3, -0.25) is 5.43 Å². The third-order valence-electron chi connectivity index (χ3n) is 1.92. The van der Waals surface area contributed by atoms with Crippen molar-refractivity contribution in [1.29, 1.82) is 0 Å². The van der Waals surface area contributed by atoms with Crippen LogP contribution in [0.1, 0.15) is 0 Å². The van der Waals surface area contributed by atoms with E-state index >= 15 is 0 Å². The summed E-state index contributed by atoms with van der Waals surface area (Å²) in [6.45, 7) is 0. The Bertz CT molecular complexity index is 344. The van der Waals surface area contributed by atoms with Crippen LogP contribution >= 0.6 is 23.8 Å². The van der Waals surface area contributed by atoms with E-state index in [0.29, 0.717) is 5.11 Å². The molecule has 0 aliphatic carbocycles. The first kappa shape index (κ1) is 13.0. The van der Waals surface area contributed by atoms with Gasteiger partial charge in [0.25, 0.3) is 0 Å². The van der Waals surface area contributed by atoms with Crippen molar-refractivity contribution in [3.63, 3.8) is 0 Å². The Hall–Kier alpha value is -0.110. The molecule has 0 bridgehead atoms. The predicted octanol–water partition coefficient (Wildman–Crippen LogP) is -0.668. The van der Waals surface area contributed by atoms with E-state index in [0.717, 1.165) is 0 Å². The summed E-state index contributed by atoms with van der Waals surface area (Å²) in [4.78, 5) is 0. The van der Waals surface area contributed by atoms with Crippen LogP contribution in [0.15, 0.2) is 0 Å². The summed E-state index contributed by atoms with van der Waals surface area (Å²) < 4.78 is 22.5. The van der Waals surface area contributed by atoms with Crippen LogP contribution in [0.3, 0.4) is 0 Å². The van der Waals surface area contributed by atoms with Gasteiger partial charge in [-0.2, -0.15) is 0 Å². The molecule has 2 atom stereocenters. The number of thiocarbonyl (C=S) groups is 1. The van der Waals surface area contributed by atoms with Crippen LogP contribution in [0.25, 0.3) is 0 Å². The fraction of sp³-hybridized carbons (Fsp3) is 0.857. The highest BCUT2D eigenvalue weighted by Gasteiger charge is 2.36. The third kappa shape index (κ3) is 4.10. The number of nitrogens with one attached hydrogen (secondary N) is 2. The van der Waals surface area contributed by atoms with Gasteiger partial charge in [0.2, 0.25) is 0 Å². The number of hydrogen-bond donors (Lipinski definition) is 2. The molecular formula is C7H14ClN3O2S2. The zero-order valence-electron chi connectivity index (χ0n) is 8.53. The molecule has 1 saturated heterocycles. The Morgan fingerprint density at radius 3 is 2.47 bits per heavy atom. The van der Waals surface area contributed by atoms with Crippen LogP contribution in [-0.2, 0) is 9.84 Å². The maximum Gasteiger partial charge on any atom is 0.181 e. The summed E-state index contributed by atoms with van der Waals surface area (Å²) in [6, 6.07) is -0.309. The molecule has 0 saturated carbocycles. The molecular weight excluding hydrogens is 258 g/mol. The lowest BCUT2D eigenvalue weighted by atomic mass is 10.3. The topological polar surface area (TPSA) is 61.4 Å². The van der Waals surface area contributed by atoms with Gasteiger partial charge < -0.3 is 5.32 Å². The van der Waals surface area contributed by atoms with Crippen LogP contribution < -0.4 is 10.7 Å². The lowest BCUT2D eigenvalue weighted by molar-refractivity contribution is 0.358. The third-order valence-corrected chi connectivity index (χ3v) is 4.51. The van der Waals surface area contributed by atoms with Crippen LogP contribution in [0.2, 0.25) is 0 Å². The van der Waals surface area contributed by atoms with Crippen molar-refractivity contribution in [2.45, 2.75) is 11.4 Å². The highest BCUT2D eigenvalue weighted by molar-refractivity contribution is 7.91. The van der Waals surface area contributed by atoms with E-state index in [1.165, 1.54) is 0 Å². The van der Waals surface area contributed by atoms with Gasteiger partial charge in [0.05, 0.1) is 22.9 Å². The molecule has 1 rings (SSSR count). The summed E-state index contributed by atoms with van der Waals surface area (Å²) in [6.07, 6.45) is 0. The SMILES string of the molecule is CN(C)NC(=S)NC1CS(=O)(=O)CC1Cl. The van der Waals surface area contributed by atoms with Gasteiger partial charge in [-0.1, -0.05) is 0 Å². The van der Waals surface area contributed by atoms with Crippen molar-refractivity contribution >= 4 is 38.8 Å². The van der Waals surface area contributed by atoms with Crippen LogP contribution in [0, 0.1) is 0 Å². The minimum Gasteiger partial charge on any atom is -0.356 e. The van der Waals surface area contributed by atoms with Crippen LogP contribution in [-0.4, -0.2) is 55.6 Å². The first-order valence-corrected chi connectivity index (χ1v) is 7.06. The molecule has 2 unspecified atom stereocenters. The molecule has 0 aromatic heterocycles. The maximum absolute atomic E-state index is 11.3. The Morgan fingerprint density at radius 2 is 2.07 bits per heavy atom. The van der Waals surface area contributed by atoms with Gasteiger partial charge >= 0.3 is 0 Å². The number of hydrazine groups is 1. The lowest BCUT2D eigenvalue weighted by Gasteiger charge is -2.20. The smallest absolute Gasteiger partial charge is 0.181 e. The minimum atomic E-state index is -3.01. The number of halogens is 1. The number of alkyl halides is 1. The Labute approximate surface area is 100 Å². The van der Waals surface area contributed by atoms with E-state index in [-0.39, 0.29) is 17.5 Å². The van der Waals surface area contributed by atoms with E-state index in [1.54, 1.807) is 19.1 Å². The highest BCUT2D eigenvalue weighted by Crippen LogP contribution is 2.17. The van der Waals surface area contributed by atoms with Gasteiger partial charge in [-0.15, -0.1) is 11.6 Å². The van der Waals surface area contributed by atoms with Crippen molar-refractivity contribution < 1.29 is 8.42 Å². The summed E-state index contributed by atoms with van der Waals surface area (Å²) in [5.74, 6) is 0.0488. The van der Waals surface area contributed by atoms with E-state index in [4.69, 9.17) is 23.8 Å². The number of sulfone groups is 1. The van der Waals surface area contributed by atoms with Crippen LogP contribution in [0.4, 0.5) is 0 Å². The number of rotatable bonds is 2. The average Bonchev–Trinajstić information content (AvgIpc) is 2.22. The Kier molecular flexibility index (Phi) is 4.16. The van der Waals surface area contributed by atoms with E-state index in [2.05, 4.69) is 10.7 Å². The molecule has 0 aromatic rings. The number of nitrogens with zero attached hydrogens (tertiary/aromatic N) is 1. The molecule has 88 valence electrons. The van der Waals surface area contributed by atoms with Crippen molar-refractivity contribution in [2.75, 3.05) is 25.6 Å². The molecule has 1 aliphatic heterocycles. The molecule has 2 N–H and O–H groups in total. The predicted molar refractivity (Wildman–Crippen MR) is 64.6 cm³/mol. The molecule has 15 heavy (non-hydrogen) atoms. The quantitative estimate of drug-likeness (QED) is 0.395. The molecule has 1 heterocycles. The standard InChI is InChI=1S/C7H14ClN3O2S2/c1-11(2)10-7(14)9-6-4-15(12,13)3-5(6)8/h5-6H,3-4H2,1-2H3,(H2,9,10,14). The molecule has 5 nitrogen and oxygen atoms in total. The van der Waals surface area contributed by atoms with Crippen molar-refractivity contribution in [3.05, 3.63) is 0 Å². The second-order valence-corrected chi connectivity index (χ2v) is 6.80. The van der Waals surface area contributed by atoms with Gasteiger partial charge in [0, 0.05) is 14.1 Å². The zero-order valence-corrected chi connectivity index (χ0v) is 10.9. The lowest BCUT2D eigenvalue weighted by Crippen LogP contribution is -2.49. The fourth-order valence-electron chi connectivity index (χ4n) is 1.34. The van der Waals surface area contributed by atoms with Gasteiger partial charge in [-0.05, 0) is 12.2 Å². The summed E-state index contributed by atoms with van der Waals surface area (Å²) in [5, 5.41) is 4.51. The largest absolute Gasteiger partial charge is 0.356 e. The second-order valence-electron chi connectivity index (χ2n) is 3.68. The molecule has 0 aromatic carbocycles. The zero-order chi connectivity index (χ0) is 11.6. The first-order chi connectivity index (χ1) is 6.80. The van der Waals surface area contributed by atoms with Crippen molar-refractivity contribution in [1.82, 2.24) is 15.8 Å². The van der Waals surface area contributed by atoms with E-state index in [1.807, 2.05) is 0 Å². The monoisotopic (exact) mass is 271 g/mol. The normalized spacial score (nSPS) is 29.1. The minimum absolute atomic E-state index is 0.0107. The first-order valence-electron chi connectivity index (χ1n) is 4.39. The molecule has 8 heteroatoms. The van der Waals surface area contributed by atoms with Crippen molar-refractivity contribution in [2.24, 2.45) is 0 Å². The van der Waals surface area contributed by atoms with Crippen LogP contribution in [0.5, 0.6) is 0 Å². The highest BCUT2D eigenvalue weighted by atomic mass is 35.5. The average molecular weight is 272 g/mol. The summed E-state index contributed by atoms with van der Waals surface area (Å²) >= 11 is 10.9. The molecule has 0 radical (unpaired) electrons. The molecule has 1 aliphatic rings. The molecule has 0 spiro atoms. The van der Waals surface area contributed by atoms with Gasteiger partial charge in [0.15, 0.2) is 14.9 Å². The van der Waals surface area contributed by atoms with E-state index < -0.39 is 15.2 Å². The number of hydrogen-bond acceptors (Lipinski definition) is 4. The summed E-state index contributed by atoms with van der Waals surface area (Å²) in [7, 11) is 0.564. The fourth-order valence-corrected chi connectivity index (χ4v) is 4.22. The Balaban J connectivity index is 2.50. The molecule has 0 amide bonds. The molecule has 1 fully saturated rings. The maximum atomic E-state index is 11.3. The summed E-state index contributed by atoms with van der Waals surface area (Å²) in [5.41, 5.74) is 2.82.